The van der Waals surface area contributed by atoms with Crippen molar-refractivity contribution in [1.29, 1.82) is 0 Å². The first-order valence-corrected chi connectivity index (χ1v) is 10.3. The lowest BCUT2D eigenvalue weighted by Crippen LogP contribution is -2.21. The van der Waals surface area contributed by atoms with E-state index in [9.17, 15) is 13.2 Å². The zero-order valence-electron chi connectivity index (χ0n) is 16.6. The summed E-state index contributed by atoms with van der Waals surface area (Å²) in [6.07, 6.45) is 3.19. The van der Waals surface area contributed by atoms with Crippen LogP contribution in [0.25, 0.3) is 11.1 Å². The van der Waals surface area contributed by atoms with E-state index in [0.29, 0.717) is 5.92 Å². The molecule has 0 N–H and O–H groups in total. The maximum absolute atomic E-state index is 12.3. The van der Waals surface area contributed by atoms with Gasteiger partial charge in [-0.05, 0) is 65.8 Å². The van der Waals surface area contributed by atoms with Gasteiger partial charge in [0.25, 0.3) is 0 Å². The van der Waals surface area contributed by atoms with E-state index >= 15 is 0 Å². The Kier molecular flexibility index (Phi) is 6.69. The monoisotopic (exact) mass is 390 g/mol. The summed E-state index contributed by atoms with van der Waals surface area (Å²) in [6.45, 7) is 4.66. The summed E-state index contributed by atoms with van der Waals surface area (Å²) >= 11 is 0. The SMILES string of the molecule is CCC1CCC(C(C)Cc2ccc(-c3ccc(OC(F)(F)F)cc3)cc2)CC1. The summed E-state index contributed by atoms with van der Waals surface area (Å²) < 4.78 is 40.7. The Morgan fingerprint density at radius 3 is 1.93 bits per heavy atom. The Labute approximate surface area is 165 Å². The van der Waals surface area contributed by atoms with Crippen LogP contribution >= 0.6 is 0 Å². The molecule has 1 fully saturated rings. The maximum Gasteiger partial charge on any atom is 0.573 e. The van der Waals surface area contributed by atoms with Gasteiger partial charge in [-0.1, -0.05) is 69.5 Å². The molecule has 0 aliphatic heterocycles. The molecule has 152 valence electrons. The van der Waals surface area contributed by atoms with E-state index < -0.39 is 6.36 Å². The number of alkyl halides is 3. The normalized spacial score (nSPS) is 21.3. The summed E-state index contributed by atoms with van der Waals surface area (Å²) in [4.78, 5) is 0. The van der Waals surface area contributed by atoms with Crippen molar-refractivity contribution in [2.24, 2.45) is 17.8 Å². The molecule has 0 aromatic heterocycles. The molecule has 28 heavy (non-hydrogen) atoms. The summed E-state index contributed by atoms with van der Waals surface area (Å²) in [7, 11) is 0. The number of hydrogen-bond donors (Lipinski definition) is 0. The van der Waals surface area contributed by atoms with Gasteiger partial charge >= 0.3 is 6.36 Å². The summed E-state index contributed by atoms with van der Waals surface area (Å²) in [6, 6.07) is 14.4. The van der Waals surface area contributed by atoms with Crippen molar-refractivity contribution in [3.05, 3.63) is 54.1 Å². The lowest BCUT2D eigenvalue weighted by Gasteiger charge is -2.32. The Balaban J connectivity index is 1.57. The van der Waals surface area contributed by atoms with Gasteiger partial charge in [-0.25, -0.2) is 0 Å². The van der Waals surface area contributed by atoms with E-state index in [2.05, 4.69) is 42.8 Å². The molecule has 1 saturated carbocycles. The molecule has 1 atom stereocenters. The van der Waals surface area contributed by atoms with Gasteiger partial charge in [0.15, 0.2) is 0 Å². The Bertz CT molecular complexity index is 726. The minimum atomic E-state index is -4.66. The van der Waals surface area contributed by atoms with Gasteiger partial charge in [0, 0.05) is 0 Å². The van der Waals surface area contributed by atoms with Crippen LogP contribution in [0.4, 0.5) is 13.2 Å². The van der Waals surface area contributed by atoms with E-state index in [1.165, 1.54) is 49.8 Å². The number of halogens is 3. The summed E-state index contributed by atoms with van der Waals surface area (Å²) in [5.74, 6) is 2.24. The molecule has 0 radical (unpaired) electrons. The van der Waals surface area contributed by atoms with Crippen molar-refractivity contribution >= 4 is 0 Å². The number of rotatable bonds is 6. The highest BCUT2D eigenvalue weighted by Gasteiger charge is 2.31. The molecule has 4 heteroatoms. The molecule has 1 aliphatic carbocycles. The first kappa shape index (κ1) is 20.8. The topological polar surface area (TPSA) is 9.23 Å². The standard InChI is InChI=1S/C24H29F3O/c1-3-18-4-8-20(9-5-18)17(2)16-19-6-10-21(11-7-19)22-12-14-23(15-13-22)28-24(25,26)27/h6-7,10-15,17-18,20H,3-5,8-9,16H2,1-2H3. The molecule has 0 spiro atoms. The average molecular weight is 390 g/mol. The highest BCUT2D eigenvalue weighted by molar-refractivity contribution is 5.64. The molecule has 0 saturated heterocycles. The third-order valence-electron chi connectivity index (χ3n) is 6.21. The van der Waals surface area contributed by atoms with Crippen LogP contribution < -0.4 is 4.74 Å². The van der Waals surface area contributed by atoms with Crippen molar-refractivity contribution in [3.63, 3.8) is 0 Å². The van der Waals surface area contributed by atoms with E-state index in [-0.39, 0.29) is 5.75 Å². The third-order valence-corrected chi connectivity index (χ3v) is 6.21. The fourth-order valence-corrected chi connectivity index (χ4v) is 4.39. The molecule has 1 nitrogen and oxygen atoms in total. The second kappa shape index (κ2) is 9.02. The second-order valence-corrected chi connectivity index (χ2v) is 8.14. The summed E-state index contributed by atoms with van der Waals surface area (Å²) in [5, 5.41) is 0. The highest BCUT2D eigenvalue weighted by Crippen LogP contribution is 2.36. The van der Waals surface area contributed by atoms with Crippen LogP contribution in [0, 0.1) is 17.8 Å². The van der Waals surface area contributed by atoms with Crippen LogP contribution in [0.5, 0.6) is 5.75 Å². The van der Waals surface area contributed by atoms with Gasteiger partial charge in [0.1, 0.15) is 5.75 Å². The molecule has 3 rings (SSSR count). The zero-order chi connectivity index (χ0) is 20.1. The van der Waals surface area contributed by atoms with Crippen LogP contribution in [0.15, 0.2) is 48.5 Å². The molecule has 0 amide bonds. The molecule has 0 bridgehead atoms. The van der Waals surface area contributed by atoms with Crippen LogP contribution in [0.2, 0.25) is 0 Å². The average Bonchev–Trinajstić information content (AvgIpc) is 2.68. The van der Waals surface area contributed by atoms with Gasteiger partial charge in [-0.2, -0.15) is 0 Å². The smallest absolute Gasteiger partial charge is 0.406 e. The first-order valence-electron chi connectivity index (χ1n) is 10.3. The van der Waals surface area contributed by atoms with E-state index in [0.717, 1.165) is 29.4 Å². The van der Waals surface area contributed by atoms with Gasteiger partial charge < -0.3 is 4.74 Å². The molecular formula is C24H29F3O. The molecule has 2 aromatic carbocycles. The third kappa shape index (κ3) is 5.76. The summed E-state index contributed by atoms with van der Waals surface area (Å²) in [5.41, 5.74) is 3.20. The largest absolute Gasteiger partial charge is 0.573 e. The van der Waals surface area contributed by atoms with E-state index in [1.54, 1.807) is 12.1 Å². The van der Waals surface area contributed by atoms with Crippen molar-refractivity contribution < 1.29 is 17.9 Å². The maximum atomic E-state index is 12.3. The Morgan fingerprint density at radius 2 is 1.43 bits per heavy atom. The molecule has 1 aliphatic rings. The van der Waals surface area contributed by atoms with Gasteiger partial charge in [-0.15, -0.1) is 13.2 Å². The van der Waals surface area contributed by atoms with E-state index in [4.69, 9.17) is 0 Å². The zero-order valence-corrected chi connectivity index (χ0v) is 16.6. The van der Waals surface area contributed by atoms with Crippen molar-refractivity contribution in [1.82, 2.24) is 0 Å². The van der Waals surface area contributed by atoms with Gasteiger partial charge in [-0.3, -0.25) is 0 Å². The van der Waals surface area contributed by atoms with Crippen LogP contribution in [-0.4, -0.2) is 6.36 Å². The predicted octanol–water partition coefficient (Wildman–Crippen LogP) is 7.65. The van der Waals surface area contributed by atoms with Crippen LogP contribution in [0.1, 0.15) is 51.5 Å². The van der Waals surface area contributed by atoms with Gasteiger partial charge in [0.05, 0.1) is 0 Å². The molecular weight excluding hydrogens is 361 g/mol. The minimum absolute atomic E-state index is 0.195. The minimum Gasteiger partial charge on any atom is -0.406 e. The first-order chi connectivity index (χ1) is 13.3. The molecule has 1 unspecified atom stereocenters. The number of ether oxygens (including phenoxy) is 1. The number of benzene rings is 2. The lowest BCUT2D eigenvalue weighted by atomic mass is 9.74. The lowest BCUT2D eigenvalue weighted by molar-refractivity contribution is -0.274. The second-order valence-electron chi connectivity index (χ2n) is 8.14. The number of hydrogen-bond acceptors (Lipinski definition) is 1. The predicted molar refractivity (Wildman–Crippen MR) is 107 cm³/mol. The van der Waals surface area contributed by atoms with Crippen molar-refractivity contribution in [2.75, 3.05) is 0 Å². The van der Waals surface area contributed by atoms with Gasteiger partial charge in [0.2, 0.25) is 0 Å². The van der Waals surface area contributed by atoms with Crippen molar-refractivity contribution in [3.8, 4) is 16.9 Å². The highest BCUT2D eigenvalue weighted by atomic mass is 19.4. The molecule has 0 heterocycles. The van der Waals surface area contributed by atoms with Crippen LogP contribution in [-0.2, 0) is 6.42 Å². The Morgan fingerprint density at radius 1 is 0.893 bits per heavy atom. The molecule has 2 aromatic rings. The Hall–Kier alpha value is -1.97. The fourth-order valence-electron chi connectivity index (χ4n) is 4.39. The van der Waals surface area contributed by atoms with Crippen LogP contribution in [0.3, 0.4) is 0 Å². The fraction of sp³-hybridized carbons (Fsp3) is 0.500. The van der Waals surface area contributed by atoms with E-state index in [1.807, 2.05) is 0 Å². The van der Waals surface area contributed by atoms with Crippen molar-refractivity contribution in [2.45, 2.75) is 58.7 Å². The quantitative estimate of drug-likeness (QED) is 0.492.